The van der Waals surface area contributed by atoms with Gasteiger partial charge in [0.25, 0.3) is 0 Å². The maximum absolute atomic E-state index is 12.5. The number of anilines is 1. The Bertz CT molecular complexity index is 1040. The van der Waals surface area contributed by atoms with E-state index in [4.69, 9.17) is 10.00 Å². The van der Waals surface area contributed by atoms with Crippen LogP contribution in [0.5, 0.6) is 5.75 Å². The minimum Gasteiger partial charge on any atom is -0.479 e. The zero-order valence-electron chi connectivity index (χ0n) is 16.5. The summed E-state index contributed by atoms with van der Waals surface area (Å²) in [6.45, 7) is 0.727. The first kappa shape index (κ1) is 19.5. The van der Waals surface area contributed by atoms with Gasteiger partial charge in [0.1, 0.15) is 11.8 Å². The van der Waals surface area contributed by atoms with Crippen molar-refractivity contribution in [2.24, 2.45) is 0 Å². The quantitative estimate of drug-likeness (QED) is 0.652. The topological polar surface area (TPSA) is 92.0 Å². The minimum atomic E-state index is -0.255. The number of carbonyl (C=O) groups excluding carboxylic acids is 1. The molecule has 4 rings (SSSR count). The van der Waals surface area contributed by atoms with Gasteiger partial charge in [-0.15, -0.1) is 0 Å². The molecule has 2 amide bonds. The van der Waals surface area contributed by atoms with Gasteiger partial charge >= 0.3 is 6.03 Å². The van der Waals surface area contributed by atoms with E-state index < -0.39 is 0 Å². The van der Waals surface area contributed by atoms with Crippen LogP contribution >= 0.6 is 0 Å². The molecule has 1 atom stereocenters. The largest absolute Gasteiger partial charge is 0.479 e. The fraction of sp³-hybridized carbons (Fsp3) is 0.261. The molecule has 7 heteroatoms. The van der Waals surface area contributed by atoms with E-state index in [2.05, 4.69) is 27.9 Å². The van der Waals surface area contributed by atoms with Gasteiger partial charge in [0.2, 0.25) is 0 Å². The van der Waals surface area contributed by atoms with Crippen molar-refractivity contribution in [3.8, 4) is 11.8 Å². The van der Waals surface area contributed by atoms with Crippen LogP contribution in [0.15, 0.2) is 60.8 Å². The van der Waals surface area contributed by atoms with Gasteiger partial charge in [-0.25, -0.2) is 4.79 Å². The van der Waals surface area contributed by atoms with E-state index in [0.717, 1.165) is 31.4 Å². The lowest BCUT2D eigenvalue weighted by Gasteiger charge is -2.24. The summed E-state index contributed by atoms with van der Waals surface area (Å²) in [4.78, 5) is 12.5. The van der Waals surface area contributed by atoms with E-state index in [-0.39, 0.29) is 18.7 Å². The lowest BCUT2D eigenvalue weighted by atomic mass is 9.93. The van der Waals surface area contributed by atoms with Gasteiger partial charge in [0, 0.05) is 16.9 Å². The average molecular weight is 401 g/mol. The molecule has 30 heavy (non-hydrogen) atoms. The summed E-state index contributed by atoms with van der Waals surface area (Å²) >= 11 is 0. The lowest BCUT2D eigenvalue weighted by molar-refractivity contribution is 0.247. The zero-order valence-corrected chi connectivity index (χ0v) is 16.5. The van der Waals surface area contributed by atoms with E-state index in [9.17, 15) is 4.79 Å². The number of fused-ring (bicyclic) bond motifs is 1. The third kappa shape index (κ3) is 4.61. The van der Waals surface area contributed by atoms with Gasteiger partial charge in [-0.3, -0.25) is 4.68 Å². The van der Waals surface area contributed by atoms with Gasteiger partial charge in [-0.2, -0.15) is 10.4 Å². The molecule has 0 fully saturated rings. The number of amides is 2. The monoisotopic (exact) mass is 401 g/mol. The molecule has 2 aromatic carbocycles. The van der Waals surface area contributed by atoms with E-state index in [1.54, 1.807) is 24.3 Å². The first-order valence-corrected chi connectivity index (χ1v) is 9.99. The molecule has 1 aliphatic rings. The van der Waals surface area contributed by atoms with Crippen LogP contribution in [0.25, 0.3) is 0 Å². The van der Waals surface area contributed by atoms with Crippen molar-refractivity contribution in [1.82, 2.24) is 15.1 Å². The normalized spacial score (nSPS) is 15.0. The van der Waals surface area contributed by atoms with Crippen LogP contribution in [-0.2, 0) is 13.0 Å². The Balaban J connectivity index is 1.39. The molecule has 152 valence electrons. The number of hydrogen-bond acceptors (Lipinski definition) is 4. The highest BCUT2D eigenvalue weighted by molar-refractivity contribution is 5.89. The van der Waals surface area contributed by atoms with Crippen molar-refractivity contribution in [2.75, 3.05) is 11.9 Å². The second kappa shape index (κ2) is 9.14. The Kier molecular flexibility index (Phi) is 5.95. The molecular formula is C23H23N5O2. The fourth-order valence-electron chi connectivity index (χ4n) is 3.74. The van der Waals surface area contributed by atoms with Crippen LogP contribution in [0.3, 0.4) is 0 Å². The SMILES string of the molecule is N#CCOc1ccc(NC(=O)NC2CCCc3c2cnn3Cc2ccccc2)cc1. The molecule has 3 aromatic rings. The van der Waals surface area contributed by atoms with Crippen LogP contribution in [0.1, 0.15) is 35.7 Å². The van der Waals surface area contributed by atoms with Crippen LogP contribution < -0.4 is 15.4 Å². The molecule has 0 bridgehead atoms. The predicted octanol–water partition coefficient (Wildman–Crippen LogP) is 4.03. The molecular weight excluding hydrogens is 378 g/mol. The molecule has 1 unspecified atom stereocenters. The Morgan fingerprint density at radius 3 is 2.77 bits per heavy atom. The molecule has 2 N–H and O–H groups in total. The summed E-state index contributed by atoms with van der Waals surface area (Å²) in [6.07, 6.45) is 4.73. The van der Waals surface area contributed by atoms with Crippen molar-refractivity contribution in [3.05, 3.63) is 77.6 Å². The van der Waals surface area contributed by atoms with E-state index in [1.165, 1.54) is 11.3 Å². The molecule has 7 nitrogen and oxygen atoms in total. The fourth-order valence-corrected chi connectivity index (χ4v) is 3.74. The van der Waals surface area contributed by atoms with Gasteiger partial charge in [-0.05, 0) is 49.1 Å². The van der Waals surface area contributed by atoms with Gasteiger partial charge in [-0.1, -0.05) is 30.3 Å². The molecule has 0 aliphatic heterocycles. The highest BCUT2D eigenvalue weighted by Gasteiger charge is 2.25. The number of carbonyl (C=O) groups is 1. The Morgan fingerprint density at radius 1 is 1.20 bits per heavy atom. The first-order valence-electron chi connectivity index (χ1n) is 9.99. The number of hydrogen-bond donors (Lipinski definition) is 2. The van der Waals surface area contributed by atoms with Crippen LogP contribution in [0.2, 0.25) is 0 Å². The van der Waals surface area contributed by atoms with Gasteiger partial charge in [0.05, 0.1) is 18.8 Å². The highest BCUT2D eigenvalue weighted by Crippen LogP contribution is 2.30. The van der Waals surface area contributed by atoms with Gasteiger partial charge < -0.3 is 15.4 Å². The lowest BCUT2D eigenvalue weighted by Crippen LogP contribution is -2.34. The number of nitriles is 1. The molecule has 1 aliphatic carbocycles. The second-order valence-corrected chi connectivity index (χ2v) is 7.20. The minimum absolute atomic E-state index is 0.00473. The number of nitrogens with zero attached hydrogens (tertiary/aromatic N) is 3. The van der Waals surface area contributed by atoms with Gasteiger partial charge in [0.15, 0.2) is 6.61 Å². The first-order chi connectivity index (χ1) is 14.7. The second-order valence-electron chi connectivity index (χ2n) is 7.20. The summed E-state index contributed by atoms with van der Waals surface area (Å²) in [5.41, 5.74) is 4.15. The van der Waals surface area contributed by atoms with Crippen molar-refractivity contribution in [1.29, 1.82) is 5.26 Å². The highest BCUT2D eigenvalue weighted by atomic mass is 16.5. The van der Waals surface area contributed by atoms with Crippen molar-refractivity contribution in [2.45, 2.75) is 31.8 Å². The van der Waals surface area contributed by atoms with Crippen molar-refractivity contribution in [3.63, 3.8) is 0 Å². The summed E-state index contributed by atoms with van der Waals surface area (Å²) < 4.78 is 7.26. The number of urea groups is 1. The third-order valence-corrected chi connectivity index (χ3v) is 5.16. The standard InChI is InChI=1S/C23H23N5O2/c24-13-14-30-19-11-9-18(10-12-19)26-23(29)27-21-7-4-8-22-20(21)15-25-28(22)16-17-5-2-1-3-6-17/h1-3,5-6,9-12,15,21H,4,7-8,14,16H2,(H2,26,27,29). The zero-order chi connectivity index (χ0) is 20.8. The van der Waals surface area contributed by atoms with E-state index >= 15 is 0 Å². The van der Waals surface area contributed by atoms with E-state index in [0.29, 0.717) is 11.4 Å². The summed E-state index contributed by atoms with van der Waals surface area (Å²) in [6, 6.07) is 18.8. The molecule has 1 aromatic heterocycles. The van der Waals surface area contributed by atoms with E-state index in [1.807, 2.05) is 35.1 Å². The number of rotatable bonds is 6. The number of aromatic nitrogens is 2. The average Bonchev–Trinajstić information content (AvgIpc) is 3.18. The van der Waals surface area contributed by atoms with Crippen molar-refractivity contribution < 1.29 is 9.53 Å². The maximum Gasteiger partial charge on any atom is 0.319 e. The van der Waals surface area contributed by atoms with Crippen LogP contribution in [-0.4, -0.2) is 22.4 Å². The predicted molar refractivity (Wildman–Crippen MR) is 113 cm³/mol. The Hall–Kier alpha value is -3.79. The van der Waals surface area contributed by atoms with Crippen molar-refractivity contribution >= 4 is 11.7 Å². The third-order valence-electron chi connectivity index (χ3n) is 5.16. The summed E-state index contributed by atoms with van der Waals surface area (Å²) in [7, 11) is 0. The summed E-state index contributed by atoms with van der Waals surface area (Å²) in [5, 5.41) is 19.1. The Labute approximate surface area is 175 Å². The number of benzene rings is 2. The number of ether oxygens (including phenoxy) is 1. The number of nitrogens with one attached hydrogen (secondary N) is 2. The smallest absolute Gasteiger partial charge is 0.319 e. The maximum atomic E-state index is 12.5. The Morgan fingerprint density at radius 2 is 2.00 bits per heavy atom. The molecule has 0 radical (unpaired) electrons. The molecule has 0 saturated heterocycles. The summed E-state index contributed by atoms with van der Waals surface area (Å²) in [5.74, 6) is 0.588. The molecule has 0 saturated carbocycles. The van der Waals surface area contributed by atoms with Crippen LogP contribution in [0.4, 0.5) is 10.5 Å². The van der Waals surface area contributed by atoms with Crippen LogP contribution in [0, 0.1) is 11.3 Å². The molecule has 1 heterocycles. The molecule has 0 spiro atoms.